The van der Waals surface area contributed by atoms with E-state index < -0.39 is 6.10 Å². The number of aryl methyl sites for hydroxylation is 2. The summed E-state index contributed by atoms with van der Waals surface area (Å²) >= 11 is 0. The smallest absolute Gasteiger partial charge is 0.141 e. The maximum Gasteiger partial charge on any atom is 0.141 e. The summed E-state index contributed by atoms with van der Waals surface area (Å²) < 4.78 is 7.98. The first kappa shape index (κ1) is 20.2. The van der Waals surface area contributed by atoms with Crippen LogP contribution in [-0.2, 0) is 6.54 Å². The van der Waals surface area contributed by atoms with Gasteiger partial charge in [0.1, 0.15) is 24.5 Å². The standard InChI is InChI=1S/C24H29N5O2/c1-16-3-8-23(17(2)27-16)31-24-10-20-13-28(12-19(20)9-22(24)30)11-18-4-6-21(7-5-18)29-15-25-14-26-29/h3-8,14-15,19-20,22,24,30H,9-13H2,1-2H3/t19-,20+,22+,24+/m0/s1. The third-order valence-corrected chi connectivity index (χ3v) is 6.64. The summed E-state index contributed by atoms with van der Waals surface area (Å²) in [6.07, 6.45) is 4.35. The van der Waals surface area contributed by atoms with Gasteiger partial charge in [0.05, 0.1) is 17.5 Å². The lowest BCUT2D eigenvalue weighted by Gasteiger charge is -2.35. The van der Waals surface area contributed by atoms with Gasteiger partial charge in [-0.1, -0.05) is 12.1 Å². The molecule has 1 saturated heterocycles. The predicted molar refractivity (Wildman–Crippen MR) is 117 cm³/mol. The van der Waals surface area contributed by atoms with Crippen molar-refractivity contribution in [3.63, 3.8) is 0 Å². The molecule has 1 saturated carbocycles. The Bertz CT molecular complexity index is 1020. The third-order valence-electron chi connectivity index (χ3n) is 6.64. The Morgan fingerprint density at radius 2 is 1.81 bits per heavy atom. The molecule has 1 aromatic carbocycles. The van der Waals surface area contributed by atoms with Crippen LogP contribution in [0.4, 0.5) is 0 Å². The van der Waals surface area contributed by atoms with Gasteiger partial charge in [0.15, 0.2) is 0 Å². The molecule has 0 amide bonds. The van der Waals surface area contributed by atoms with Crippen LogP contribution in [0.15, 0.2) is 49.1 Å². The highest BCUT2D eigenvalue weighted by Crippen LogP contribution is 2.38. The molecule has 5 rings (SSSR count). The largest absolute Gasteiger partial charge is 0.486 e. The van der Waals surface area contributed by atoms with Gasteiger partial charge in [-0.15, -0.1) is 0 Å². The number of ether oxygens (including phenoxy) is 1. The van der Waals surface area contributed by atoms with Crippen molar-refractivity contribution >= 4 is 0 Å². The Balaban J connectivity index is 1.20. The van der Waals surface area contributed by atoms with Crippen LogP contribution < -0.4 is 4.74 Å². The highest BCUT2D eigenvalue weighted by atomic mass is 16.5. The fraction of sp³-hybridized carbons (Fsp3) is 0.458. The fourth-order valence-electron chi connectivity index (χ4n) is 5.06. The minimum Gasteiger partial charge on any atom is -0.486 e. The number of fused-ring (bicyclic) bond motifs is 1. The van der Waals surface area contributed by atoms with Crippen LogP contribution >= 0.6 is 0 Å². The van der Waals surface area contributed by atoms with Gasteiger partial charge in [0, 0.05) is 25.3 Å². The van der Waals surface area contributed by atoms with E-state index in [1.807, 2.05) is 26.0 Å². The molecule has 1 aliphatic heterocycles. The summed E-state index contributed by atoms with van der Waals surface area (Å²) in [7, 11) is 0. The van der Waals surface area contributed by atoms with Gasteiger partial charge < -0.3 is 9.84 Å². The Morgan fingerprint density at radius 1 is 1.03 bits per heavy atom. The van der Waals surface area contributed by atoms with Crippen LogP contribution in [0.1, 0.15) is 29.8 Å². The van der Waals surface area contributed by atoms with Gasteiger partial charge in [0.25, 0.3) is 0 Å². The van der Waals surface area contributed by atoms with E-state index in [1.165, 1.54) is 5.56 Å². The number of rotatable bonds is 5. The van der Waals surface area contributed by atoms with E-state index in [0.717, 1.165) is 55.3 Å². The molecular formula is C24H29N5O2. The van der Waals surface area contributed by atoms with Crippen molar-refractivity contribution in [1.82, 2.24) is 24.6 Å². The van der Waals surface area contributed by atoms with E-state index in [9.17, 15) is 5.11 Å². The zero-order chi connectivity index (χ0) is 21.4. The molecule has 2 aliphatic rings. The molecule has 7 heteroatoms. The number of pyridine rings is 1. The molecule has 4 atom stereocenters. The van der Waals surface area contributed by atoms with E-state index in [0.29, 0.717) is 11.8 Å². The van der Waals surface area contributed by atoms with Crippen molar-refractivity contribution in [2.45, 2.75) is 45.4 Å². The van der Waals surface area contributed by atoms with E-state index in [4.69, 9.17) is 4.74 Å². The average Bonchev–Trinajstić information content (AvgIpc) is 3.40. The second-order valence-corrected chi connectivity index (χ2v) is 8.95. The molecule has 3 heterocycles. The number of aliphatic hydroxyl groups is 1. The maximum absolute atomic E-state index is 10.7. The van der Waals surface area contributed by atoms with Gasteiger partial charge in [-0.25, -0.2) is 9.67 Å². The predicted octanol–water partition coefficient (Wildman–Crippen LogP) is 2.93. The van der Waals surface area contributed by atoms with Crippen molar-refractivity contribution in [1.29, 1.82) is 0 Å². The zero-order valence-corrected chi connectivity index (χ0v) is 18.1. The van der Waals surface area contributed by atoms with E-state index >= 15 is 0 Å². The number of nitrogens with zero attached hydrogens (tertiary/aromatic N) is 5. The second kappa shape index (κ2) is 8.40. The Hall–Kier alpha value is -2.77. The molecule has 0 radical (unpaired) electrons. The zero-order valence-electron chi connectivity index (χ0n) is 18.1. The summed E-state index contributed by atoms with van der Waals surface area (Å²) in [6, 6.07) is 12.4. The Kier molecular flexibility index (Phi) is 5.46. The maximum atomic E-state index is 10.7. The first-order chi connectivity index (χ1) is 15.0. The van der Waals surface area contributed by atoms with Crippen LogP contribution in [0.5, 0.6) is 5.75 Å². The topological polar surface area (TPSA) is 76.3 Å². The molecule has 31 heavy (non-hydrogen) atoms. The van der Waals surface area contributed by atoms with Gasteiger partial charge in [-0.05, 0) is 68.4 Å². The molecule has 7 nitrogen and oxygen atoms in total. The summed E-state index contributed by atoms with van der Waals surface area (Å²) in [5.41, 5.74) is 4.17. The van der Waals surface area contributed by atoms with Gasteiger partial charge in [-0.3, -0.25) is 9.88 Å². The van der Waals surface area contributed by atoms with Crippen molar-refractivity contribution in [2.24, 2.45) is 11.8 Å². The quantitative estimate of drug-likeness (QED) is 0.685. The number of hydrogen-bond acceptors (Lipinski definition) is 6. The summed E-state index contributed by atoms with van der Waals surface area (Å²) in [4.78, 5) is 11.0. The number of aliphatic hydroxyl groups excluding tert-OH is 1. The molecule has 1 N–H and O–H groups in total. The minimum atomic E-state index is -0.427. The van der Waals surface area contributed by atoms with Crippen LogP contribution in [0.25, 0.3) is 5.69 Å². The van der Waals surface area contributed by atoms with E-state index in [1.54, 1.807) is 17.3 Å². The Morgan fingerprint density at radius 3 is 2.52 bits per heavy atom. The van der Waals surface area contributed by atoms with Crippen LogP contribution in [0.2, 0.25) is 0 Å². The molecule has 2 aromatic heterocycles. The first-order valence-electron chi connectivity index (χ1n) is 11.0. The molecule has 0 spiro atoms. The summed E-state index contributed by atoms with van der Waals surface area (Å²) in [6.45, 7) is 6.95. The van der Waals surface area contributed by atoms with Crippen molar-refractivity contribution in [2.75, 3.05) is 13.1 Å². The lowest BCUT2D eigenvalue weighted by Crippen LogP contribution is -2.42. The van der Waals surface area contributed by atoms with Gasteiger partial charge in [-0.2, -0.15) is 5.10 Å². The fourth-order valence-corrected chi connectivity index (χ4v) is 5.06. The van der Waals surface area contributed by atoms with E-state index in [2.05, 4.69) is 44.2 Å². The molecule has 3 aromatic rings. The van der Waals surface area contributed by atoms with Crippen LogP contribution in [0, 0.1) is 25.7 Å². The highest BCUT2D eigenvalue weighted by molar-refractivity contribution is 5.33. The van der Waals surface area contributed by atoms with Crippen LogP contribution in [0.3, 0.4) is 0 Å². The molecule has 0 unspecified atom stereocenters. The van der Waals surface area contributed by atoms with Crippen molar-refractivity contribution in [3.8, 4) is 11.4 Å². The molecular weight excluding hydrogens is 390 g/mol. The normalized spacial score (nSPS) is 26.0. The second-order valence-electron chi connectivity index (χ2n) is 8.95. The SMILES string of the molecule is Cc1ccc(O[C@@H]2C[C@@H]3CN(Cc4ccc(-n5cncn5)cc4)C[C@@H]3C[C@H]2O)c(C)n1. The number of likely N-dealkylation sites (tertiary alicyclic amines) is 1. The van der Waals surface area contributed by atoms with Gasteiger partial charge in [0.2, 0.25) is 0 Å². The van der Waals surface area contributed by atoms with Gasteiger partial charge >= 0.3 is 0 Å². The summed E-state index contributed by atoms with van der Waals surface area (Å²) in [5.74, 6) is 1.87. The third kappa shape index (κ3) is 4.34. The average molecular weight is 420 g/mol. The Labute approximate surface area is 182 Å². The lowest BCUT2D eigenvalue weighted by atomic mass is 9.78. The van der Waals surface area contributed by atoms with Crippen LogP contribution in [-0.4, -0.2) is 55.1 Å². The van der Waals surface area contributed by atoms with Crippen molar-refractivity contribution < 1.29 is 9.84 Å². The molecule has 0 bridgehead atoms. The van der Waals surface area contributed by atoms with E-state index in [-0.39, 0.29) is 6.10 Å². The lowest BCUT2D eigenvalue weighted by molar-refractivity contribution is -0.0236. The number of aromatic nitrogens is 4. The minimum absolute atomic E-state index is 0.161. The number of hydrogen-bond donors (Lipinski definition) is 1. The first-order valence-corrected chi connectivity index (χ1v) is 11.0. The monoisotopic (exact) mass is 419 g/mol. The summed E-state index contributed by atoms with van der Waals surface area (Å²) in [5, 5.41) is 14.9. The highest BCUT2D eigenvalue weighted by Gasteiger charge is 2.42. The molecule has 162 valence electrons. The number of benzene rings is 1. The van der Waals surface area contributed by atoms with Crippen molar-refractivity contribution in [3.05, 3.63) is 66.0 Å². The molecule has 1 aliphatic carbocycles. The molecule has 2 fully saturated rings.